The van der Waals surface area contributed by atoms with Crippen LogP contribution in [0.1, 0.15) is 41.8 Å². The normalized spacial score (nSPS) is 14.1. The Kier molecular flexibility index (Phi) is 3.63. The number of aromatic nitrogens is 4. The lowest BCUT2D eigenvalue weighted by Crippen LogP contribution is -2.39. The molecule has 3 heterocycles. The van der Waals surface area contributed by atoms with Gasteiger partial charge in [-0.25, -0.2) is 0 Å². The number of carbonyl (C=O) groups is 1. The van der Waals surface area contributed by atoms with E-state index in [1.165, 1.54) is 6.07 Å². The second kappa shape index (κ2) is 5.84. The van der Waals surface area contributed by atoms with Crippen LogP contribution >= 0.6 is 0 Å². The van der Waals surface area contributed by atoms with Gasteiger partial charge < -0.3 is 14.5 Å². The highest BCUT2D eigenvalue weighted by Gasteiger charge is 2.27. The summed E-state index contributed by atoms with van der Waals surface area (Å²) in [6.45, 7) is 5.81. The van der Waals surface area contributed by atoms with Crippen molar-refractivity contribution in [2.45, 2.75) is 32.9 Å². The zero-order valence-corrected chi connectivity index (χ0v) is 14.2. The average molecular weight is 337 g/mol. The summed E-state index contributed by atoms with van der Waals surface area (Å²) in [6.07, 6.45) is 0. The highest BCUT2D eigenvalue weighted by atomic mass is 16.2. The molecule has 7 nitrogen and oxygen atoms in total. The van der Waals surface area contributed by atoms with E-state index in [1.807, 2.05) is 18.2 Å². The van der Waals surface area contributed by atoms with E-state index in [4.69, 9.17) is 0 Å². The summed E-state index contributed by atoms with van der Waals surface area (Å²) in [5.41, 5.74) is 0.821. The molecule has 0 fully saturated rings. The predicted octanol–water partition coefficient (Wildman–Crippen LogP) is 1.90. The molecule has 2 aromatic heterocycles. The number of nitrogens with one attached hydrogen (secondary N) is 1. The first kappa shape index (κ1) is 15.6. The molecule has 0 saturated carbocycles. The summed E-state index contributed by atoms with van der Waals surface area (Å²) in [6, 6.07) is 8.73. The first-order chi connectivity index (χ1) is 12.0. The van der Waals surface area contributed by atoms with Crippen LogP contribution in [0.5, 0.6) is 0 Å². The van der Waals surface area contributed by atoms with E-state index in [2.05, 4.69) is 33.6 Å². The number of benzene rings is 1. The molecule has 0 atom stereocenters. The molecule has 1 aliphatic rings. The van der Waals surface area contributed by atoms with Crippen LogP contribution in [0.3, 0.4) is 0 Å². The molecule has 1 aliphatic heterocycles. The Morgan fingerprint density at radius 1 is 1.20 bits per heavy atom. The second-order valence-corrected chi connectivity index (χ2v) is 6.60. The quantitative estimate of drug-likeness (QED) is 0.774. The highest BCUT2D eigenvalue weighted by Crippen LogP contribution is 2.22. The van der Waals surface area contributed by atoms with E-state index >= 15 is 0 Å². The summed E-state index contributed by atoms with van der Waals surface area (Å²) in [7, 11) is 0. The monoisotopic (exact) mass is 337 g/mol. The maximum absolute atomic E-state index is 13.0. The van der Waals surface area contributed by atoms with Gasteiger partial charge in [-0.15, -0.1) is 10.2 Å². The fraction of sp³-hybridized carbons (Fsp3) is 0.333. The van der Waals surface area contributed by atoms with Crippen molar-refractivity contribution in [1.29, 1.82) is 0 Å². The molecule has 1 amide bonds. The summed E-state index contributed by atoms with van der Waals surface area (Å²) in [5, 5.41) is 9.24. The van der Waals surface area contributed by atoms with Crippen LogP contribution in [0.4, 0.5) is 0 Å². The van der Waals surface area contributed by atoms with Crippen LogP contribution in [0.25, 0.3) is 10.9 Å². The van der Waals surface area contributed by atoms with Crippen LogP contribution in [0.2, 0.25) is 0 Å². The molecule has 0 bridgehead atoms. The third-order valence-electron chi connectivity index (χ3n) is 4.57. The van der Waals surface area contributed by atoms with E-state index in [1.54, 1.807) is 11.0 Å². The van der Waals surface area contributed by atoms with E-state index < -0.39 is 0 Å². The lowest BCUT2D eigenvalue weighted by atomic mass is 10.1. The average Bonchev–Trinajstić information content (AvgIpc) is 3.03. The third kappa shape index (κ3) is 2.61. The van der Waals surface area contributed by atoms with Crippen molar-refractivity contribution < 1.29 is 4.79 Å². The lowest BCUT2D eigenvalue weighted by molar-refractivity contribution is 0.0708. The van der Waals surface area contributed by atoms with Gasteiger partial charge in [0.1, 0.15) is 5.82 Å². The van der Waals surface area contributed by atoms with Crippen LogP contribution in [0.15, 0.2) is 35.1 Å². The number of pyridine rings is 1. The smallest absolute Gasteiger partial charge is 0.255 e. The molecule has 4 rings (SSSR count). The molecule has 0 aliphatic carbocycles. The Morgan fingerprint density at radius 3 is 2.80 bits per heavy atom. The van der Waals surface area contributed by atoms with E-state index in [-0.39, 0.29) is 11.5 Å². The maximum Gasteiger partial charge on any atom is 0.255 e. The van der Waals surface area contributed by atoms with Gasteiger partial charge in [0.05, 0.1) is 12.1 Å². The Bertz CT molecular complexity index is 1020. The van der Waals surface area contributed by atoms with Crippen molar-refractivity contribution >= 4 is 16.8 Å². The minimum atomic E-state index is -0.274. The Morgan fingerprint density at radius 2 is 2.00 bits per heavy atom. The first-order valence-corrected chi connectivity index (χ1v) is 8.38. The second-order valence-electron chi connectivity index (χ2n) is 6.60. The molecule has 128 valence electrons. The summed E-state index contributed by atoms with van der Waals surface area (Å²) in [5.74, 6) is 1.88. The molecule has 0 unspecified atom stereocenters. The molecule has 25 heavy (non-hydrogen) atoms. The summed E-state index contributed by atoms with van der Waals surface area (Å²) < 4.78 is 2.09. The minimum absolute atomic E-state index is 0.150. The SMILES string of the molecule is CC(C)c1nnc2n1CCN(C(=O)c1cc(=O)[nH]c3ccccc13)C2. The minimum Gasteiger partial charge on any atom is -0.329 e. The molecule has 0 radical (unpaired) electrons. The number of amides is 1. The first-order valence-electron chi connectivity index (χ1n) is 8.38. The maximum atomic E-state index is 13.0. The van der Waals surface area contributed by atoms with Gasteiger partial charge in [-0.1, -0.05) is 32.0 Å². The van der Waals surface area contributed by atoms with Gasteiger partial charge in [0.25, 0.3) is 5.91 Å². The topological polar surface area (TPSA) is 83.9 Å². The van der Waals surface area contributed by atoms with Gasteiger partial charge in [-0.2, -0.15) is 0 Å². The summed E-state index contributed by atoms with van der Waals surface area (Å²) >= 11 is 0. The fourth-order valence-electron chi connectivity index (χ4n) is 3.33. The highest BCUT2D eigenvalue weighted by molar-refractivity contribution is 6.05. The molecule has 1 aromatic carbocycles. The fourth-order valence-corrected chi connectivity index (χ4v) is 3.33. The van der Waals surface area contributed by atoms with E-state index in [0.717, 1.165) is 17.0 Å². The van der Waals surface area contributed by atoms with E-state index in [9.17, 15) is 9.59 Å². The molecule has 3 aromatic rings. The number of rotatable bonds is 2. The standard InChI is InChI=1S/C18H19N5O2/c1-11(2)17-21-20-15-10-22(7-8-23(15)17)18(25)13-9-16(24)19-14-6-4-3-5-12(13)14/h3-6,9,11H,7-8,10H2,1-2H3,(H,19,24). The van der Waals surface area contributed by atoms with Gasteiger partial charge in [0.2, 0.25) is 5.56 Å². The Labute approximate surface area is 144 Å². The van der Waals surface area contributed by atoms with Crippen molar-refractivity contribution in [1.82, 2.24) is 24.6 Å². The van der Waals surface area contributed by atoms with Crippen LogP contribution in [-0.4, -0.2) is 37.1 Å². The van der Waals surface area contributed by atoms with Gasteiger partial charge in [0, 0.05) is 36.0 Å². The van der Waals surface area contributed by atoms with Crippen LogP contribution < -0.4 is 5.56 Å². The zero-order chi connectivity index (χ0) is 17.6. The van der Waals surface area contributed by atoms with Gasteiger partial charge >= 0.3 is 0 Å². The van der Waals surface area contributed by atoms with E-state index in [0.29, 0.717) is 36.6 Å². The number of para-hydroxylation sites is 1. The van der Waals surface area contributed by atoms with Gasteiger partial charge in [-0.3, -0.25) is 9.59 Å². The van der Waals surface area contributed by atoms with Crippen molar-refractivity contribution in [3.05, 3.63) is 57.9 Å². The number of fused-ring (bicyclic) bond motifs is 2. The van der Waals surface area contributed by atoms with Crippen LogP contribution in [-0.2, 0) is 13.1 Å². The largest absolute Gasteiger partial charge is 0.329 e. The Hall–Kier alpha value is -2.96. The zero-order valence-electron chi connectivity index (χ0n) is 14.2. The Balaban J connectivity index is 1.70. The lowest BCUT2D eigenvalue weighted by Gasteiger charge is -2.28. The number of hydrogen-bond donors (Lipinski definition) is 1. The van der Waals surface area contributed by atoms with Crippen LogP contribution in [0, 0.1) is 0 Å². The molecular formula is C18H19N5O2. The third-order valence-corrected chi connectivity index (χ3v) is 4.57. The van der Waals surface area contributed by atoms with Crippen molar-refractivity contribution in [2.24, 2.45) is 0 Å². The molecule has 0 spiro atoms. The van der Waals surface area contributed by atoms with Crippen molar-refractivity contribution in [3.8, 4) is 0 Å². The number of nitrogens with zero attached hydrogens (tertiary/aromatic N) is 4. The molecular weight excluding hydrogens is 318 g/mol. The number of H-pyrrole nitrogens is 1. The molecule has 0 saturated heterocycles. The molecule has 7 heteroatoms. The predicted molar refractivity (Wildman–Crippen MR) is 93.4 cm³/mol. The molecule has 1 N–H and O–H groups in total. The number of carbonyl (C=O) groups excluding carboxylic acids is 1. The number of aromatic amines is 1. The number of hydrogen-bond acceptors (Lipinski definition) is 4. The van der Waals surface area contributed by atoms with Crippen molar-refractivity contribution in [3.63, 3.8) is 0 Å². The summed E-state index contributed by atoms with van der Waals surface area (Å²) in [4.78, 5) is 29.4. The van der Waals surface area contributed by atoms with Gasteiger partial charge in [0.15, 0.2) is 5.82 Å². The van der Waals surface area contributed by atoms with Crippen molar-refractivity contribution in [2.75, 3.05) is 6.54 Å². The van der Waals surface area contributed by atoms with Gasteiger partial charge in [-0.05, 0) is 6.07 Å².